The Balaban J connectivity index is 1.37. The molecule has 0 bridgehead atoms. The first kappa shape index (κ1) is 22.5. The minimum atomic E-state index is 0.224. The van der Waals surface area contributed by atoms with Gasteiger partial charge in [0.25, 0.3) is 0 Å². The van der Waals surface area contributed by atoms with Crippen LogP contribution < -0.4 is 0 Å². The molecule has 4 saturated carbocycles. The van der Waals surface area contributed by atoms with Crippen molar-refractivity contribution in [3.05, 3.63) is 12.2 Å². The Kier molecular flexibility index (Phi) is 5.50. The molecule has 5 fully saturated rings. The fourth-order valence-corrected chi connectivity index (χ4v) is 9.44. The van der Waals surface area contributed by atoms with Crippen LogP contribution in [0.25, 0.3) is 0 Å². The van der Waals surface area contributed by atoms with Gasteiger partial charge in [-0.2, -0.15) is 0 Å². The van der Waals surface area contributed by atoms with E-state index in [0.717, 1.165) is 29.6 Å². The first-order valence-corrected chi connectivity index (χ1v) is 13.6. The summed E-state index contributed by atoms with van der Waals surface area (Å²) in [5.41, 5.74) is 1.16. The van der Waals surface area contributed by atoms with Crippen molar-refractivity contribution >= 4 is 0 Å². The van der Waals surface area contributed by atoms with Gasteiger partial charge in [-0.3, -0.25) is 0 Å². The molecule has 176 valence electrons. The Morgan fingerprint density at radius 2 is 1.58 bits per heavy atom. The van der Waals surface area contributed by atoms with Crippen LogP contribution in [0.15, 0.2) is 12.2 Å². The number of fused-ring (bicyclic) bond motifs is 3. The second kappa shape index (κ2) is 7.59. The summed E-state index contributed by atoms with van der Waals surface area (Å²) in [7, 11) is 1.91. The van der Waals surface area contributed by atoms with Gasteiger partial charge in [-0.15, -0.1) is 0 Å². The van der Waals surface area contributed by atoms with Crippen LogP contribution in [-0.4, -0.2) is 24.9 Å². The third kappa shape index (κ3) is 3.17. The molecule has 2 heteroatoms. The minimum absolute atomic E-state index is 0.224. The first-order chi connectivity index (χ1) is 14.7. The van der Waals surface area contributed by atoms with E-state index in [2.05, 4.69) is 53.7 Å². The number of hydrogen-bond donors (Lipinski definition) is 0. The number of hydrogen-bond acceptors (Lipinski definition) is 2. The number of allylic oxidation sites excluding steroid dienone is 2. The lowest BCUT2D eigenvalue weighted by Gasteiger charge is -2.59. The maximum absolute atomic E-state index is 6.87. The Morgan fingerprint density at radius 3 is 2.29 bits per heavy atom. The van der Waals surface area contributed by atoms with Gasteiger partial charge in [0.15, 0.2) is 0 Å². The third-order valence-corrected chi connectivity index (χ3v) is 11.8. The first-order valence-electron chi connectivity index (χ1n) is 13.6. The lowest BCUT2D eigenvalue weighted by molar-refractivity contribution is -0.120. The predicted molar refractivity (Wildman–Crippen MR) is 128 cm³/mol. The van der Waals surface area contributed by atoms with Gasteiger partial charge in [-0.1, -0.05) is 53.7 Å². The molecule has 0 aromatic rings. The van der Waals surface area contributed by atoms with Crippen LogP contribution in [0.3, 0.4) is 0 Å². The summed E-state index contributed by atoms with van der Waals surface area (Å²) >= 11 is 0. The molecule has 31 heavy (non-hydrogen) atoms. The Labute approximate surface area is 191 Å². The second-order valence-electron chi connectivity index (χ2n) is 13.2. The molecule has 1 aliphatic heterocycles. The summed E-state index contributed by atoms with van der Waals surface area (Å²) in [6, 6.07) is 0. The van der Waals surface area contributed by atoms with Crippen molar-refractivity contribution < 1.29 is 9.47 Å². The van der Waals surface area contributed by atoms with Crippen molar-refractivity contribution in [2.75, 3.05) is 7.11 Å². The molecule has 4 aliphatic carbocycles. The highest BCUT2D eigenvalue weighted by molar-refractivity contribution is 5.26. The van der Waals surface area contributed by atoms with Gasteiger partial charge in [-0.05, 0) is 104 Å². The molecular formula is C29H48O2. The van der Waals surface area contributed by atoms with Gasteiger partial charge in [0.1, 0.15) is 5.60 Å². The topological polar surface area (TPSA) is 21.8 Å². The van der Waals surface area contributed by atoms with Crippen LogP contribution in [-0.2, 0) is 9.47 Å². The lowest BCUT2D eigenvalue weighted by atomic mass is 9.44. The zero-order chi connectivity index (χ0) is 22.2. The summed E-state index contributed by atoms with van der Waals surface area (Å²) < 4.78 is 12.7. The van der Waals surface area contributed by atoms with Gasteiger partial charge in [0.2, 0.25) is 0 Å². The standard InChI is InChI=1S/C29H48O2/c1-18(2)19(3)8-9-20(4)23-10-11-24-28(23,6)15-13-25-27(5)14-12-22(30-7)16-21(27)17-26-29(24,25)31-26/h8-9,18-26H,10-17H2,1-7H3/b9-8+/t19-,20+,21+,22?,23?,24?,25?,26+,27?,28?,29-/m0/s1. The number of rotatable bonds is 5. The van der Waals surface area contributed by atoms with Crippen molar-refractivity contribution in [2.24, 2.45) is 52.3 Å². The SMILES string of the molecule is COC1CCC2(C)C3CCC4(C)C([C@H](C)/C=C/[C@H](C)C(C)C)CCC4[C@]34O[C@@H]4C[C@H]2C1. The van der Waals surface area contributed by atoms with Gasteiger partial charge in [-0.25, -0.2) is 0 Å². The van der Waals surface area contributed by atoms with Crippen LogP contribution >= 0.6 is 0 Å². The molecule has 6 unspecified atom stereocenters. The van der Waals surface area contributed by atoms with Crippen molar-refractivity contribution in [3.8, 4) is 0 Å². The molecule has 0 aromatic carbocycles. The van der Waals surface area contributed by atoms with E-state index in [4.69, 9.17) is 9.47 Å². The molecule has 1 heterocycles. The van der Waals surface area contributed by atoms with Crippen LogP contribution in [0.2, 0.25) is 0 Å². The van der Waals surface area contributed by atoms with E-state index in [1.165, 1.54) is 51.4 Å². The van der Waals surface area contributed by atoms with Gasteiger partial charge in [0, 0.05) is 7.11 Å². The fourth-order valence-electron chi connectivity index (χ4n) is 9.44. The van der Waals surface area contributed by atoms with E-state index in [1.54, 1.807) is 0 Å². The quantitative estimate of drug-likeness (QED) is 0.339. The molecule has 1 saturated heterocycles. The van der Waals surface area contributed by atoms with Crippen LogP contribution in [0.4, 0.5) is 0 Å². The van der Waals surface area contributed by atoms with Crippen molar-refractivity contribution in [2.45, 2.75) is 111 Å². The Morgan fingerprint density at radius 1 is 0.871 bits per heavy atom. The molecular weight excluding hydrogens is 380 g/mol. The molecule has 0 N–H and O–H groups in total. The highest BCUT2D eigenvalue weighted by Crippen LogP contribution is 2.76. The number of methoxy groups -OCH3 is 1. The van der Waals surface area contributed by atoms with E-state index in [-0.39, 0.29) is 5.60 Å². The zero-order valence-corrected chi connectivity index (χ0v) is 21.3. The maximum Gasteiger partial charge on any atom is 0.101 e. The maximum atomic E-state index is 6.87. The normalized spacial score (nSPS) is 52.9. The van der Waals surface area contributed by atoms with E-state index in [0.29, 0.717) is 34.9 Å². The highest BCUT2D eigenvalue weighted by atomic mass is 16.6. The minimum Gasteiger partial charge on any atom is -0.381 e. The predicted octanol–water partition coefficient (Wildman–Crippen LogP) is 7.28. The van der Waals surface area contributed by atoms with Gasteiger partial charge in [0.05, 0.1) is 12.2 Å². The average molecular weight is 429 g/mol. The van der Waals surface area contributed by atoms with Gasteiger partial charge >= 0.3 is 0 Å². The van der Waals surface area contributed by atoms with E-state index in [1.807, 2.05) is 7.11 Å². The Hall–Kier alpha value is -0.340. The third-order valence-electron chi connectivity index (χ3n) is 11.8. The highest BCUT2D eigenvalue weighted by Gasteiger charge is 2.78. The van der Waals surface area contributed by atoms with Gasteiger partial charge < -0.3 is 9.47 Å². The van der Waals surface area contributed by atoms with E-state index < -0.39 is 0 Å². The summed E-state index contributed by atoms with van der Waals surface area (Å²) in [4.78, 5) is 0. The number of ether oxygens (including phenoxy) is 2. The van der Waals surface area contributed by atoms with Crippen LogP contribution in [0.1, 0.15) is 92.9 Å². The number of epoxide rings is 1. The monoisotopic (exact) mass is 428 g/mol. The van der Waals surface area contributed by atoms with Crippen molar-refractivity contribution in [1.29, 1.82) is 0 Å². The molecule has 0 amide bonds. The Bertz CT molecular complexity index is 714. The summed E-state index contributed by atoms with van der Waals surface area (Å²) in [5, 5.41) is 0. The molecule has 1 spiro atoms. The van der Waals surface area contributed by atoms with Crippen LogP contribution in [0.5, 0.6) is 0 Å². The lowest BCUT2D eigenvalue weighted by Crippen LogP contribution is -2.59. The largest absolute Gasteiger partial charge is 0.381 e. The second-order valence-corrected chi connectivity index (χ2v) is 13.2. The molecule has 2 nitrogen and oxygen atoms in total. The smallest absolute Gasteiger partial charge is 0.101 e. The summed E-state index contributed by atoms with van der Waals surface area (Å²) in [6.45, 7) is 14.9. The zero-order valence-electron chi connectivity index (χ0n) is 21.3. The molecule has 0 radical (unpaired) electrons. The van der Waals surface area contributed by atoms with Crippen molar-refractivity contribution in [1.82, 2.24) is 0 Å². The average Bonchev–Trinajstić information content (AvgIpc) is 3.31. The molecule has 5 aliphatic rings. The fraction of sp³-hybridized carbons (Fsp3) is 0.931. The molecule has 11 atom stereocenters. The summed E-state index contributed by atoms with van der Waals surface area (Å²) in [6.07, 6.45) is 16.9. The van der Waals surface area contributed by atoms with E-state index in [9.17, 15) is 0 Å². The van der Waals surface area contributed by atoms with E-state index >= 15 is 0 Å². The van der Waals surface area contributed by atoms with Crippen LogP contribution in [0, 0.1) is 52.3 Å². The molecule has 0 aromatic heterocycles. The summed E-state index contributed by atoms with van der Waals surface area (Å²) in [5.74, 6) is 5.28. The van der Waals surface area contributed by atoms with Crippen molar-refractivity contribution in [3.63, 3.8) is 0 Å². The molecule has 5 rings (SSSR count).